The van der Waals surface area contributed by atoms with Gasteiger partial charge in [0.1, 0.15) is 17.8 Å². The van der Waals surface area contributed by atoms with E-state index in [9.17, 15) is 4.79 Å². The minimum Gasteiger partial charge on any atom is -0.352 e. The fourth-order valence-electron chi connectivity index (χ4n) is 3.92. The van der Waals surface area contributed by atoms with Gasteiger partial charge in [-0.3, -0.25) is 4.79 Å². The number of aromatic amines is 1. The van der Waals surface area contributed by atoms with Crippen molar-refractivity contribution in [3.8, 4) is 0 Å². The number of aromatic nitrogens is 3. The molecule has 4 heterocycles. The predicted molar refractivity (Wildman–Crippen MR) is 106 cm³/mol. The highest BCUT2D eigenvalue weighted by molar-refractivity contribution is 9.10. The summed E-state index contributed by atoms with van der Waals surface area (Å²) in [5.74, 6) is 1.21. The Kier molecular flexibility index (Phi) is 3.79. The molecule has 0 radical (unpaired) electrons. The SMILES string of the molecule is O=C(Cc1cc(Br)cs1)N1CCN(c2ncnc3[nH]ccc23)CC12CC2. The maximum absolute atomic E-state index is 12.9. The van der Waals surface area contributed by atoms with Gasteiger partial charge in [-0.15, -0.1) is 11.3 Å². The zero-order chi connectivity index (χ0) is 17.7. The molecule has 1 aliphatic heterocycles. The van der Waals surface area contributed by atoms with E-state index < -0.39 is 0 Å². The summed E-state index contributed by atoms with van der Waals surface area (Å²) in [6.07, 6.45) is 6.15. The summed E-state index contributed by atoms with van der Waals surface area (Å²) in [4.78, 5) is 30.4. The molecule has 2 aliphatic rings. The van der Waals surface area contributed by atoms with Crippen molar-refractivity contribution in [2.75, 3.05) is 24.5 Å². The van der Waals surface area contributed by atoms with E-state index in [-0.39, 0.29) is 11.4 Å². The fraction of sp³-hybridized carbons (Fsp3) is 0.389. The largest absolute Gasteiger partial charge is 0.352 e. The number of halogens is 1. The Labute approximate surface area is 163 Å². The van der Waals surface area contributed by atoms with Crippen LogP contribution in [0.4, 0.5) is 5.82 Å². The number of hydrogen-bond acceptors (Lipinski definition) is 5. The maximum atomic E-state index is 12.9. The summed E-state index contributed by atoms with van der Waals surface area (Å²) >= 11 is 5.10. The molecule has 2 fully saturated rings. The number of anilines is 1. The van der Waals surface area contributed by atoms with Crippen LogP contribution < -0.4 is 4.90 Å². The van der Waals surface area contributed by atoms with E-state index in [1.54, 1.807) is 17.7 Å². The summed E-state index contributed by atoms with van der Waals surface area (Å²) < 4.78 is 1.05. The van der Waals surface area contributed by atoms with Gasteiger partial charge in [0.15, 0.2) is 0 Å². The van der Waals surface area contributed by atoms with Crippen LogP contribution in [0.3, 0.4) is 0 Å². The zero-order valence-electron chi connectivity index (χ0n) is 14.1. The first-order chi connectivity index (χ1) is 12.6. The van der Waals surface area contributed by atoms with Gasteiger partial charge in [0.2, 0.25) is 5.91 Å². The summed E-state index contributed by atoms with van der Waals surface area (Å²) in [5.41, 5.74) is 0.846. The van der Waals surface area contributed by atoms with Crippen LogP contribution in [0.5, 0.6) is 0 Å². The molecule has 0 aromatic carbocycles. The molecule has 0 bridgehead atoms. The number of hydrogen-bond donors (Lipinski definition) is 1. The van der Waals surface area contributed by atoms with E-state index >= 15 is 0 Å². The molecule has 26 heavy (non-hydrogen) atoms. The fourth-order valence-corrected chi connectivity index (χ4v) is 5.36. The molecule has 1 saturated carbocycles. The van der Waals surface area contributed by atoms with Gasteiger partial charge < -0.3 is 14.8 Å². The predicted octanol–water partition coefficient (Wildman–Crippen LogP) is 3.21. The maximum Gasteiger partial charge on any atom is 0.228 e. The van der Waals surface area contributed by atoms with Crippen LogP contribution in [-0.4, -0.2) is 50.9 Å². The van der Waals surface area contributed by atoms with Crippen LogP contribution in [0, 0.1) is 0 Å². The van der Waals surface area contributed by atoms with Crippen LogP contribution in [0.1, 0.15) is 17.7 Å². The van der Waals surface area contributed by atoms with Crippen molar-refractivity contribution in [3.63, 3.8) is 0 Å². The molecule has 0 atom stereocenters. The lowest BCUT2D eigenvalue weighted by Gasteiger charge is -2.43. The van der Waals surface area contributed by atoms with Gasteiger partial charge in [0.05, 0.1) is 17.3 Å². The monoisotopic (exact) mass is 431 g/mol. The van der Waals surface area contributed by atoms with Crippen molar-refractivity contribution in [2.24, 2.45) is 0 Å². The quantitative estimate of drug-likeness (QED) is 0.691. The van der Waals surface area contributed by atoms with E-state index in [0.717, 1.165) is 58.7 Å². The third-order valence-electron chi connectivity index (χ3n) is 5.36. The molecule has 1 spiro atoms. The molecule has 1 saturated heterocycles. The Bertz CT molecular complexity index is 979. The van der Waals surface area contributed by atoms with Crippen molar-refractivity contribution >= 4 is 50.0 Å². The Morgan fingerprint density at radius 1 is 1.35 bits per heavy atom. The molecular weight excluding hydrogens is 414 g/mol. The average Bonchev–Trinajstić information content (AvgIpc) is 3.05. The van der Waals surface area contributed by atoms with Gasteiger partial charge in [0.25, 0.3) is 0 Å². The van der Waals surface area contributed by atoms with Crippen LogP contribution in [-0.2, 0) is 11.2 Å². The second-order valence-electron chi connectivity index (χ2n) is 7.04. The molecule has 8 heteroatoms. The number of rotatable bonds is 3. The third-order valence-corrected chi connectivity index (χ3v) is 7.06. The third kappa shape index (κ3) is 2.72. The first-order valence-electron chi connectivity index (χ1n) is 8.71. The van der Waals surface area contributed by atoms with Gasteiger partial charge in [-0.05, 0) is 40.9 Å². The zero-order valence-corrected chi connectivity index (χ0v) is 16.5. The van der Waals surface area contributed by atoms with Crippen molar-refractivity contribution in [3.05, 3.63) is 39.4 Å². The van der Waals surface area contributed by atoms with Crippen molar-refractivity contribution in [1.82, 2.24) is 19.9 Å². The van der Waals surface area contributed by atoms with Crippen LogP contribution in [0.25, 0.3) is 11.0 Å². The normalized spacial score (nSPS) is 18.7. The minimum atomic E-state index is -0.0165. The topological polar surface area (TPSA) is 65.1 Å². The highest BCUT2D eigenvalue weighted by Gasteiger charge is 2.53. The van der Waals surface area contributed by atoms with Crippen LogP contribution in [0.15, 0.2) is 34.5 Å². The van der Waals surface area contributed by atoms with Gasteiger partial charge >= 0.3 is 0 Å². The van der Waals surface area contributed by atoms with E-state index in [4.69, 9.17) is 0 Å². The molecule has 0 unspecified atom stereocenters. The summed E-state index contributed by atoms with van der Waals surface area (Å²) in [5, 5.41) is 3.08. The molecule has 3 aromatic rings. The van der Waals surface area contributed by atoms with Crippen molar-refractivity contribution in [1.29, 1.82) is 0 Å². The second kappa shape index (κ2) is 6.06. The standard InChI is InChI=1S/C18H18BrN5OS/c19-12-7-13(26-9-12)8-15(25)24-6-5-23(10-18(24)2-3-18)17-14-1-4-20-16(14)21-11-22-17/h1,4,7,9,11H,2-3,5-6,8,10H2,(H,20,21,22). The van der Waals surface area contributed by atoms with E-state index in [1.807, 2.05) is 23.7 Å². The Morgan fingerprint density at radius 2 is 2.23 bits per heavy atom. The number of nitrogens with zero attached hydrogens (tertiary/aromatic N) is 4. The van der Waals surface area contributed by atoms with E-state index in [0.29, 0.717) is 6.42 Å². The molecule has 6 nitrogen and oxygen atoms in total. The number of H-pyrrole nitrogens is 1. The number of carbonyl (C=O) groups excluding carboxylic acids is 1. The molecule has 3 aromatic heterocycles. The number of amides is 1. The Morgan fingerprint density at radius 3 is 3.00 bits per heavy atom. The van der Waals surface area contributed by atoms with Gasteiger partial charge in [-0.25, -0.2) is 9.97 Å². The van der Waals surface area contributed by atoms with Crippen molar-refractivity contribution < 1.29 is 4.79 Å². The van der Waals surface area contributed by atoms with E-state index in [2.05, 4.69) is 40.7 Å². The first kappa shape index (κ1) is 16.3. The van der Waals surface area contributed by atoms with E-state index in [1.165, 1.54) is 0 Å². The average molecular weight is 432 g/mol. The Hall–Kier alpha value is -1.93. The number of carbonyl (C=O) groups is 1. The lowest BCUT2D eigenvalue weighted by molar-refractivity contribution is -0.134. The summed E-state index contributed by atoms with van der Waals surface area (Å²) in [6, 6.07) is 4.07. The number of piperazine rings is 1. The first-order valence-corrected chi connectivity index (χ1v) is 10.4. The Balaban J connectivity index is 1.36. The highest BCUT2D eigenvalue weighted by atomic mass is 79.9. The van der Waals surface area contributed by atoms with Crippen LogP contribution in [0.2, 0.25) is 0 Å². The van der Waals surface area contributed by atoms with Gasteiger partial charge in [-0.1, -0.05) is 0 Å². The number of fused-ring (bicyclic) bond motifs is 1. The van der Waals surface area contributed by atoms with Crippen molar-refractivity contribution in [2.45, 2.75) is 24.8 Å². The lowest BCUT2D eigenvalue weighted by Crippen LogP contribution is -2.57. The highest BCUT2D eigenvalue weighted by Crippen LogP contribution is 2.45. The molecular formula is C18H18BrN5OS. The summed E-state index contributed by atoms with van der Waals surface area (Å²) in [6.45, 7) is 2.41. The lowest BCUT2D eigenvalue weighted by atomic mass is 10.1. The number of thiophene rings is 1. The second-order valence-corrected chi connectivity index (χ2v) is 8.95. The van der Waals surface area contributed by atoms with Gasteiger partial charge in [0, 0.05) is 40.6 Å². The summed E-state index contributed by atoms with van der Waals surface area (Å²) in [7, 11) is 0. The molecule has 1 aliphatic carbocycles. The van der Waals surface area contributed by atoms with Crippen LogP contribution >= 0.6 is 27.3 Å². The van der Waals surface area contributed by atoms with Gasteiger partial charge in [-0.2, -0.15) is 0 Å². The smallest absolute Gasteiger partial charge is 0.228 e. The molecule has 134 valence electrons. The molecule has 1 N–H and O–H groups in total. The molecule has 1 amide bonds. The minimum absolute atomic E-state index is 0.0165. The number of nitrogens with one attached hydrogen (secondary N) is 1. The molecule has 5 rings (SSSR count).